The molecule has 0 fully saturated rings. The van der Waals surface area contributed by atoms with E-state index in [4.69, 9.17) is 4.74 Å². The maximum Gasteiger partial charge on any atom is 0.221 e. The Morgan fingerprint density at radius 3 is 2.33 bits per heavy atom. The van der Waals surface area contributed by atoms with E-state index in [1.54, 1.807) is 0 Å². The van der Waals surface area contributed by atoms with Crippen molar-refractivity contribution >= 4 is 5.82 Å². The van der Waals surface area contributed by atoms with Gasteiger partial charge >= 0.3 is 0 Å². The highest BCUT2D eigenvalue weighted by Crippen LogP contribution is 2.27. The third kappa shape index (κ3) is 3.59. The van der Waals surface area contributed by atoms with E-state index in [2.05, 4.69) is 49.9 Å². The largest absolute Gasteiger partial charge is 0.477 e. The van der Waals surface area contributed by atoms with Crippen LogP contribution in [-0.4, -0.2) is 23.1 Å². The maximum atomic E-state index is 5.72. The summed E-state index contributed by atoms with van der Waals surface area (Å²) in [5, 5.41) is 3.27. The topological polar surface area (TPSA) is 47.0 Å². The lowest BCUT2D eigenvalue weighted by Crippen LogP contribution is -2.19. The Morgan fingerprint density at radius 2 is 1.83 bits per heavy atom. The van der Waals surface area contributed by atoms with Gasteiger partial charge in [-0.25, -0.2) is 4.98 Å². The number of aromatic nitrogens is 2. The van der Waals surface area contributed by atoms with Gasteiger partial charge in [0.05, 0.1) is 12.2 Å². The molecular weight excluding hydrogens is 226 g/mol. The van der Waals surface area contributed by atoms with Gasteiger partial charge in [0.25, 0.3) is 0 Å². The summed E-state index contributed by atoms with van der Waals surface area (Å²) >= 11 is 0. The second-order valence-electron chi connectivity index (χ2n) is 5.45. The van der Waals surface area contributed by atoms with Crippen molar-refractivity contribution in [3.8, 4) is 5.88 Å². The lowest BCUT2D eigenvalue weighted by atomic mass is 9.95. The number of anilines is 1. The first-order valence-electron chi connectivity index (χ1n) is 6.65. The standard InChI is InChI=1S/C14H25N3O/c1-7-9-18-12-10(3)11(15-8-2)16-13(17-12)14(4,5)6/h7-9H2,1-6H3,(H,15,16,17). The first-order chi connectivity index (χ1) is 8.40. The van der Waals surface area contributed by atoms with Crippen molar-refractivity contribution in [3.63, 3.8) is 0 Å². The summed E-state index contributed by atoms with van der Waals surface area (Å²) in [6, 6.07) is 0. The molecule has 1 N–H and O–H groups in total. The van der Waals surface area contributed by atoms with E-state index in [1.165, 1.54) is 0 Å². The number of rotatable bonds is 5. The molecule has 0 bridgehead atoms. The molecule has 0 amide bonds. The molecule has 4 nitrogen and oxygen atoms in total. The zero-order valence-corrected chi connectivity index (χ0v) is 12.4. The Bertz CT molecular complexity index is 397. The van der Waals surface area contributed by atoms with Crippen molar-refractivity contribution in [1.29, 1.82) is 0 Å². The first kappa shape index (κ1) is 14.7. The fourth-order valence-electron chi connectivity index (χ4n) is 1.51. The SMILES string of the molecule is CCCOc1nc(C(C)(C)C)nc(NCC)c1C. The van der Waals surface area contributed by atoms with Gasteiger partial charge in [0, 0.05) is 12.0 Å². The van der Waals surface area contributed by atoms with Crippen molar-refractivity contribution in [3.05, 3.63) is 11.4 Å². The highest BCUT2D eigenvalue weighted by molar-refractivity contribution is 5.49. The highest BCUT2D eigenvalue weighted by Gasteiger charge is 2.21. The molecule has 0 atom stereocenters. The number of nitrogens with zero attached hydrogens (tertiary/aromatic N) is 2. The van der Waals surface area contributed by atoms with Crippen LogP contribution in [0, 0.1) is 6.92 Å². The first-order valence-corrected chi connectivity index (χ1v) is 6.65. The summed E-state index contributed by atoms with van der Waals surface area (Å²) in [4.78, 5) is 9.15. The van der Waals surface area contributed by atoms with Gasteiger partial charge in [-0.1, -0.05) is 27.7 Å². The molecule has 0 saturated heterocycles. The lowest BCUT2D eigenvalue weighted by Gasteiger charge is -2.20. The van der Waals surface area contributed by atoms with E-state index in [0.717, 1.165) is 30.2 Å². The van der Waals surface area contributed by atoms with Crippen molar-refractivity contribution in [1.82, 2.24) is 9.97 Å². The molecule has 0 unspecified atom stereocenters. The van der Waals surface area contributed by atoms with Crippen molar-refractivity contribution in [2.45, 2.75) is 53.4 Å². The zero-order valence-electron chi connectivity index (χ0n) is 12.4. The van der Waals surface area contributed by atoms with Crippen LogP contribution in [-0.2, 0) is 5.41 Å². The normalized spacial score (nSPS) is 11.4. The molecule has 0 saturated carbocycles. The van der Waals surface area contributed by atoms with Crippen LogP contribution in [0.4, 0.5) is 5.82 Å². The maximum absolute atomic E-state index is 5.72. The van der Waals surface area contributed by atoms with E-state index >= 15 is 0 Å². The molecular formula is C14H25N3O. The van der Waals surface area contributed by atoms with Crippen LogP contribution in [0.2, 0.25) is 0 Å². The molecule has 1 rings (SSSR count). The van der Waals surface area contributed by atoms with Gasteiger partial charge in [0.2, 0.25) is 5.88 Å². The predicted octanol–water partition coefficient (Wildman–Crippen LogP) is 3.30. The second kappa shape index (κ2) is 6.03. The number of hydrogen-bond acceptors (Lipinski definition) is 4. The van der Waals surface area contributed by atoms with E-state index in [1.807, 2.05) is 6.92 Å². The Kier molecular flexibility index (Phi) is 4.93. The van der Waals surface area contributed by atoms with Crippen molar-refractivity contribution in [2.24, 2.45) is 0 Å². The summed E-state index contributed by atoms with van der Waals surface area (Å²) in [7, 11) is 0. The van der Waals surface area contributed by atoms with E-state index < -0.39 is 0 Å². The summed E-state index contributed by atoms with van der Waals surface area (Å²) < 4.78 is 5.72. The number of ether oxygens (including phenoxy) is 1. The average Bonchev–Trinajstić information content (AvgIpc) is 2.29. The Morgan fingerprint density at radius 1 is 1.17 bits per heavy atom. The quantitative estimate of drug-likeness (QED) is 0.872. The molecule has 0 spiro atoms. The van der Waals surface area contributed by atoms with Gasteiger partial charge < -0.3 is 10.1 Å². The smallest absolute Gasteiger partial charge is 0.221 e. The number of nitrogens with one attached hydrogen (secondary N) is 1. The molecule has 0 radical (unpaired) electrons. The third-order valence-corrected chi connectivity index (χ3v) is 2.56. The highest BCUT2D eigenvalue weighted by atomic mass is 16.5. The molecule has 4 heteroatoms. The number of hydrogen-bond donors (Lipinski definition) is 1. The third-order valence-electron chi connectivity index (χ3n) is 2.56. The Balaban J connectivity index is 3.18. The summed E-state index contributed by atoms with van der Waals surface area (Å²) in [6.45, 7) is 14.0. The fraction of sp³-hybridized carbons (Fsp3) is 0.714. The van der Waals surface area contributed by atoms with Crippen LogP contribution in [0.5, 0.6) is 5.88 Å². The minimum Gasteiger partial charge on any atom is -0.477 e. The summed E-state index contributed by atoms with van der Waals surface area (Å²) in [5.74, 6) is 2.39. The van der Waals surface area contributed by atoms with Gasteiger partial charge in [-0.3, -0.25) is 0 Å². The Labute approximate surface area is 110 Å². The fourth-order valence-corrected chi connectivity index (χ4v) is 1.51. The summed E-state index contributed by atoms with van der Waals surface area (Å²) in [5.41, 5.74) is 0.903. The van der Waals surface area contributed by atoms with E-state index in [-0.39, 0.29) is 5.41 Å². The molecule has 18 heavy (non-hydrogen) atoms. The molecule has 1 heterocycles. The lowest BCUT2D eigenvalue weighted by molar-refractivity contribution is 0.299. The second-order valence-corrected chi connectivity index (χ2v) is 5.45. The van der Waals surface area contributed by atoms with Gasteiger partial charge in [-0.15, -0.1) is 0 Å². The van der Waals surface area contributed by atoms with Gasteiger partial charge in [0.1, 0.15) is 11.6 Å². The van der Waals surface area contributed by atoms with E-state index in [0.29, 0.717) is 12.5 Å². The summed E-state index contributed by atoms with van der Waals surface area (Å²) in [6.07, 6.45) is 0.977. The average molecular weight is 251 g/mol. The molecule has 0 aliphatic carbocycles. The monoisotopic (exact) mass is 251 g/mol. The zero-order chi connectivity index (χ0) is 13.8. The van der Waals surface area contributed by atoms with Crippen LogP contribution in [0.15, 0.2) is 0 Å². The van der Waals surface area contributed by atoms with Crippen LogP contribution < -0.4 is 10.1 Å². The predicted molar refractivity (Wildman–Crippen MR) is 75.4 cm³/mol. The van der Waals surface area contributed by atoms with Gasteiger partial charge in [-0.2, -0.15) is 4.98 Å². The van der Waals surface area contributed by atoms with Crippen molar-refractivity contribution < 1.29 is 4.74 Å². The van der Waals surface area contributed by atoms with Crippen LogP contribution >= 0.6 is 0 Å². The van der Waals surface area contributed by atoms with Gasteiger partial charge in [-0.05, 0) is 20.3 Å². The molecule has 102 valence electrons. The van der Waals surface area contributed by atoms with Crippen molar-refractivity contribution in [2.75, 3.05) is 18.5 Å². The van der Waals surface area contributed by atoms with Crippen LogP contribution in [0.3, 0.4) is 0 Å². The molecule has 1 aromatic rings. The molecule has 0 aliphatic rings. The minimum atomic E-state index is -0.0812. The Hall–Kier alpha value is -1.32. The van der Waals surface area contributed by atoms with Gasteiger partial charge in [0.15, 0.2) is 0 Å². The molecule has 1 aromatic heterocycles. The van der Waals surface area contributed by atoms with Crippen LogP contribution in [0.25, 0.3) is 0 Å². The minimum absolute atomic E-state index is 0.0812. The van der Waals surface area contributed by atoms with E-state index in [9.17, 15) is 0 Å². The molecule has 0 aliphatic heterocycles. The molecule has 0 aromatic carbocycles. The van der Waals surface area contributed by atoms with Crippen LogP contribution in [0.1, 0.15) is 52.4 Å².